The molecule has 0 fully saturated rings. The summed E-state index contributed by atoms with van der Waals surface area (Å²) in [4.78, 5) is 20.5. The number of carboxylic acid groups (broad SMARTS) is 1. The Balaban J connectivity index is 1.75. The molecule has 1 unspecified atom stereocenters. The number of benzene rings is 1. The van der Waals surface area contributed by atoms with Gasteiger partial charge in [-0.1, -0.05) is 32.4 Å². The number of nitrogens with zero attached hydrogens (tertiary/aromatic N) is 3. The van der Waals surface area contributed by atoms with Crippen LogP contribution in [-0.4, -0.2) is 25.6 Å². The molecule has 2 aromatic heterocycles. The average Bonchev–Trinajstić information content (AvgIpc) is 3.10. The molecule has 2 heterocycles. The molecule has 164 valence electrons. The fraction of sp³-hybridized carbons (Fsp3) is 0.400. The lowest BCUT2D eigenvalue weighted by atomic mass is 10.0. The second-order valence-electron chi connectivity index (χ2n) is 8.24. The SMILES string of the molecule is CCC(C)Cc1cnc(CCCc2cc(C(=O)O)cc(C)n2)n1Cc1ccc(F)cc1. The summed E-state index contributed by atoms with van der Waals surface area (Å²) in [6.07, 6.45) is 6.27. The number of carbonyl (C=O) groups is 1. The number of hydrogen-bond donors (Lipinski definition) is 1. The maximum Gasteiger partial charge on any atom is 0.335 e. The number of aromatic nitrogens is 3. The van der Waals surface area contributed by atoms with Gasteiger partial charge in [0.2, 0.25) is 0 Å². The van der Waals surface area contributed by atoms with Gasteiger partial charge in [-0.3, -0.25) is 4.98 Å². The standard InChI is InChI=1S/C25H30FN3O2/c1-4-17(2)12-23-15-27-24(29(23)16-19-8-10-21(26)11-9-19)7-5-6-22-14-20(25(30)31)13-18(3)28-22/h8-11,13-15,17H,4-7,12,16H2,1-3H3,(H,30,31). The first-order valence-electron chi connectivity index (χ1n) is 10.8. The predicted molar refractivity (Wildman–Crippen MR) is 119 cm³/mol. The normalized spacial score (nSPS) is 12.1. The summed E-state index contributed by atoms with van der Waals surface area (Å²) >= 11 is 0. The van der Waals surface area contributed by atoms with E-state index in [1.54, 1.807) is 12.1 Å². The number of imidazole rings is 1. The van der Waals surface area contributed by atoms with Crippen molar-refractivity contribution in [3.8, 4) is 0 Å². The van der Waals surface area contributed by atoms with Crippen molar-refractivity contribution in [2.45, 2.75) is 59.4 Å². The van der Waals surface area contributed by atoms with Crippen LogP contribution in [0.2, 0.25) is 0 Å². The highest BCUT2D eigenvalue weighted by atomic mass is 19.1. The quantitative estimate of drug-likeness (QED) is 0.484. The van der Waals surface area contributed by atoms with Gasteiger partial charge < -0.3 is 9.67 Å². The maximum atomic E-state index is 13.3. The monoisotopic (exact) mass is 423 g/mol. The highest BCUT2D eigenvalue weighted by Gasteiger charge is 2.14. The lowest BCUT2D eigenvalue weighted by Gasteiger charge is -2.15. The largest absolute Gasteiger partial charge is 0.478 e. The summed E-state index contributed by atoms with van der Waals surface area (Å²) in [5.41, 5.74) is 4.00. The third-order valence-corrected chi connectivity index (χ3v) is 5.62. The topological polar surface area (TPSA) is 68.0 Å². The van der Waals surface area contributed by atoms with Crippen molar-refractivity contribution >= 4 is 5.97 Å². The van der Waals surface area contributed by atoms with Gasteiger partial charge in [0.05, 0.1) is 5.56 Å². The van der Waals surface area contributed by atoms with Gasteiger partial charge in [0.25, 0.3) is 0 Å². The molecule has 1 N–H and O–H groups in total. The van der Waals surface area contributed by atoms with Crippen molar-refractivity contribution in [1.29, 1.82) is 0 Å². The molecule has 0 amide bonds. The van der Waals surface area contributed by atoms with Crippen molar-refractivity contribution in [2.24, 2.45) is 5.92 Å². The Bertz CT molecular complexity index is 1030. The summed E-state index contributed by atoms with van der Waals surface area (Å²) < 4.78 is 15.6. The number of halogens is 1. The summed E-state index contributed by atoms with van der Waals surface area (Å²) in [5, 5.41) is 9.26. The molecule has 1 aromatic carbocycles. The molecule has 0 aliphatic carbocycles. The fourth-order valence-corrected chi connectivity index (χ4v) is 3.70. The van der Waals surface area contributed by atoms with Gasteiger partial charge in [-0.15, -0.1) is 0 Å². The molecule has 0 saturated carbocycles. The van der Waals surface area contributed by atoms with E-state index in [1.807, 2.05) is 25.3 Å². The summed E-state index contributed by atoms with van der Waals surface area (Å²) in [7, 11) is 0. The van der Waals surface area contributed by atoms with Crippen LogP contribution in [0, 0.1) is 18.7 Å². The number of pyridine rings is 1. The van der Waals surface area contributed by atoms with Crippen LogP contribution >= 0.6 is 0 Å². The van der Waals surface area contributed by atoms with E-state index in [0.717, 1.165) is 42.8 Å². The Hall–Kier alpha value is -3.02. The average molecular weight is 424 g/mol. The lowest BCUT2D eigenvalue weighted by Crippen LogP contribution is -2.12. The van der Waals surface area contributed by atoms with Crippen LogP contribution < -0.4 is 0 Å². The van der Waals surface area contributed by atoms with E-state index in [-0.39, 0.29) is 11.4 Å². The van der Waals surface area contributed by atoms with Gasteiger partial charge >= 0.3 is 5.97 Å². The Kier molecular flexibility index (Phi) is 7.55. The van der Waals surface area contributed by atoms with Gasteiger partial charge in [0.15, 0.2) is 0 Å². The van der Waals surface area contributed by atoms with E-state index < -0.39 is 5.97 Å². The van der Waals surface area contributed by atoms with E-state index in [1.165, 1.54) is 17.8 Å². The molecule has 1 atom stereocenters. The Morgan fingerprint density at radius 1 is 1.19 bits per heavy atom. The van der Waals surface area contributed by atoms with Gasteiger partial charge in [0.1, 0.15) is 11.6 Å². The zero-order valence-corrected chi connectivity index (χ0v) is 18.4. The van der Waals surface area contributed by atoms with Gasteiger partial charge in [0, 0.05) is 36.2 Å². The van der Waals surface area contributed by atoms with E-state index in [4.69, 9.17) is 0 Å². The second-order valence-corrected chi connectivity index (χ2v) is 8.24. The van der Waals surface area contributed by atoms with Crippen LogP contribution in [0.1, 0.15) is 65.5 Å². The van der Waals surface area contributed by atoms with Crippen molar-refractivity contribution in [1.82, 2.24) is 14.5 Å². The molecule has 0 spiro atoms. The number of carboxylic acids is 1. The molecule has 0 aliphatic rings. The van der Waals surface area contributed by atoms with E-state index >= 15 is 0 Å². The molecule has 0 saturated heterocycles. The third-order valence-electron chi connectivity index (χ3n) is 5.62. The molecule has 3 aromatic rings. The molecule has 5 nitrogen and oxygen atoms in total. The zero-order valence-electron chi connectivity index (χ0n) is 18.4. The first kappa shape index (κ1) is 22.7. The minimum Gasteiger partial charge on any atom is -0.478 e. The lowest BCUT2D eigenvalue weighted by molar-refractivity contribution is 0.0696. The molecule has 6 heteroatoms. The molecular weight excluding hydrogens is 393 g/mol. The van der Waals surface area contributed by atoms with Gasteiger partial charge in [-0.2, -0.15) is 0 Å². The Labute approximate surface area is 183 Å². The second kappa shape index (κ2) is 10.3. The van der Waals surface area contributed by atoms with Crippen molar-refractivity contribution in [2.75, 3.05) is 0 Å². The smallest absolute Gasteiger partial charge is 0.335 e. The van der Waals surface area contributed by atoms with Crippen LogP contribution in [0.5, 0.6) is 0 Å². The number of aromatic carboxylic acids is 1. The first-order valence-corrected chi connectivity index (χ1v) is 10.8. The third kappa shape index (κ3) is 6.23. The Morgan fingerprint density at radius 3 is 2.61 bits per heavy atom. The summed E-state index contributed by atoms with van der Waals surface area (Å²) in [5.74, 6) is 0.383. The molecule has 31 heavy (non-hydrogen) atoms. The van der Waals surface area contributed by atoms with Crippen LogP contribution in [-0.2, 0) is 25.8 Å². The van der Waals surface area contributed by atoms with Crippen LogP contribution in [0.3, 0.4) is 0 Å². The summed E-state index contributed by atoms with van der Waals surface area (Å²) in [6, 6.07) is 9.84. The van der Waals surface area contributed by atoms with E-state index in [2.05, 4.69) is 28.4 Å². The molecule has 3 rings (SSSR count). The van der Waals surface area contributed by atoms with Crippen LogP contribution in [0.4, 0.5) is 4.39 Å². The first-order chi connectivity index (χ1) is 14.9. The van der Waals surface area contributed by atoms with Crippen molar-refractivity contribution in [3.05, 3.63) is 82.4 Å². The van der Waals surface area contributed by atoms with Crippen LogP contribution in [0.15, 0.2) is 42.6 Å². The van der Waals surface area contributed by atoms with Crippen molar-refractivity contribution in [3.63, 3.8) is 0 Å². The van der Waals surface area contributed by atoms with Crippen LogP contribution in [0.25, 0.3) is 0 Å². The molecule has 0 aliphatic heterocycles. The zero-order chi connectivity index (χ0) is 22.4. The maximum absolute atomic E-state index is 13.3. The molecular formula is C25H30FN3O2. The summed E-state index contributed by atoms with van der Waals surface area (Å²) in [6.45, 7) is 6.89. The number of rotatable bonds is 10. The molecule has 0 radical (unpaired) electrons. The minimum atomic E-state index is -0.934. The van der Waals surface area contributed by atoms with E-state index in [0.29, 0.717) is 24.6 Å². The minimum absolute atomic E-state index is 0.235. The Morgan fingerprint density at radius 2 is 1.94 bits per heavy atom. The van der Waals surface area contributed by atoms with Gasteiger partial charge in [-0.05, 0) is 61.9 Å². The fourth-order valence-electron chi connectivity index (χ4n) is 3.70. The van der Waals surface area contributed by atoms with E-state index in [9.17, 15) is 14.3 Å². The highest BCUT2D eigenvalue weighted by molar-refractivity contribution is 5.87. The number of aryl methyl sites for hydroxylation is 3. The van der Waals surface area contributed by atoms with Crippen molar-refractivity contribution < 1.29 is 14.3 Å². The molecule has 0 bridgehead atoms. The van der Waals surface area contributed by atoms with Gasteiger partial charge in [-0.25, -0.2) is 14.2 Å². The number of hydrogen-bond acceptors (Lipinski definition) is 3. The highest BCUT2D eigenvalue weighted by Crippen LogP contribution is 2.18. The predicted octanol–water partition coefficient (Wildman–Crippen LogP) is 5.24.